The van der Waals surface area contributed by atoms with Crippen molar-refractivity contribution in [1.29, 1.82) is 0 Å². The van der Waals surface area contributed by atoms with Crippen LogP contribution < -0.4 is 15.0 Å². The molecule has 4 aromatic rings. The van der Waals surface area contributed by atoms with Gasteiger partial charge in [-0.3, -0.25) is 9.88 Å². The average molecular weight is 433 g/mol. The summed E-state index contributed by atoms with van der Waals surface area (Å²) in [5.74, 6) is -0.211. The summed E-state index contributed by atoms with van der Waals surface area (Å²) in [5, 5.41) is 13.2. The van der Waals surface area contributed by atoms with Crippen LogP contribution in [0, 0.1) is 13.8 Å². The van der Waals surface area contributed by atoms with Crippen LogP contribution in [0.4, 0.5) is 21.9 Å². The van der Waals surface area contributed by atoms with E-state index in [1.165, 1.54) is 11.1 Å². The third kappa shape index (κ3) is 3.04. The van der Waals surface area contributed by atoms with E-state index in [1.54, 1.807) is 43.6 Å². The molecular formula is C21H15N5O4S. The van der Waals surface area contributed by atoms with E-state index < -0.39 is 12.0 Å². The molecule has 154 valence electrons. The predicted molar refractivity (Wildman–Crippen MR) is 116 cm³/mol. The van der Waals surface area contributed by atoms with Crippen LogP contribution in [0.1, 0.15) is 20.9 Å². The predicted octanol–water partition coefficient (Wildman–Crippen LogP) is 4.88. The van der Waals surface area contributed by atoms with Crippen molar-refractivity contribution in [1.82, 2.24) is 15.0 Å². The van der Waals surface area contributed by atoms with Crippen LogP contribution in [0.15, 0.2) is 42.9 Å². The summed E-state index contributed by atoms with van der Waals surface area (Å²) in [6, 6.07) is 6.43. The zero-order valence-electron chi connectivity index (χ0n) is 16.4. The van der Waals surface area contributed by atoms with Gasteiger partial charge in [-0.25, -0.2) is 19.6 Å². The number of pyridine rings is 3. The molecule has 0 saturated heterocycles. The third-order valence-electron chi connectivity index (χ3n) is 4.90. The van der Waals surface area contributed by atoms with Crippen LogP contribution in [0.2, 0.25) is 0 Å². The summed E-state index contributed by atoms with van der Waals surface area (Å²) in [6.07, 6.45) is 4.71. The molecule has 0 unspecified atom stereocenters. The summed E-state index contributed by atoms with van der Waals surface area (Å²) in [4.78, 5) is 39.6. The molecule has 0 fully saturated rings. The molecule has 4 aromatic heterocycles. The van der Waals surface area contributed by atoms with Crippen LogP contribution in [-0.2, 0) is 0 Å². The summed E-state index contributed by atoms with van der Waals surface area (Å²) >= 11 is 1.03. The number of carboxylic acids is 1. The number of nitrogens with one attached hydrogen (secondary N) is 1. The minimum absolute atomic E-state index is 0.0375. The Hall–Kier alpha value is -4.05. The van der Waals surface area contributed by atoms with Crippen LogP contribution in [-0.4, -0.2) is 32.1 Å². The number of rotatable bonds is 4. The van der Waals surface area contributed by atoms with Gasteiger partial charge in [-0.15, -0.1) is 11.3 Å². The van der Waals surface area contributed by atoms with Gasteiger partial charge in [-0.2, -0.15) is 0 Å². The molecule has 1 aliphatic heterocycles. The van der Waals surface area contributed by atoms with Crippen LogP contribution >= 0.6 is 11.3 Å². The molecule has 1 aliphatic rings. The zero-order valence-corrected chi connectivity index (χ0v) is 17.2. The van der Waals surface area contributed by atoms with Gasteiger partial charge in [-0.1, -0.05) is 0 Å². The van der Waals surface area contributed by atoms with E-state index in [1.807, 2.05) is 6.92 Å². The van der Waals surface area contributed by atoms with E-state index in [0.29, 0.717) is 44.5 Å². The number of thiophene rings is 1. The highest BCUT2D eigenvalue weighted by Crippen LogP contribution is 2.47. The molecule has 2 N–H and O–H groups in total. The van der Waals surface area contributed by atoms with Crippen LogP contribution in [0.25, 0.3) is 10.2 Å². The lowest BCUT2D eigenvalue weighted by Crippen LogP contribution is -2.35. The number of aromatic nitrogens is 3. The monoisotopic (exact) mass is 433 g/mol. The van der Waals surface area contributed by atoms with E-state index in [9.17, 15) is 14.7 Å². The number of hydrogen-bond donors (Lipinski definition) is 2. The summed E-state index contributed by atoms with van der Waals surface area (Å²) in [5.41, 5.74) is 2.68. The van der Waals surface area contributed by atoms with E-state index in [2.05, 4.69) is 20.3 Å². The Morgan fingerprint density at radius 3 is 2.77 bits per heavy atom. The van der Waals surface area contributed by atoms with Gasteiger partial charge in [-0.05, 0) is 37.6 Å². The summed E-state index contributed by atoms with van der Waals surface area (Å²) in [7, 11) is 0. The van der Waals surface area contributed by atoms with Gasteiger partial charge < -0.3 is 15.2 Å². The second-order valence-corrected chi connectivity index (χ2v) is 7.89. The van der Waals surface area contributed by atoms with Crippen molar-refractivity contribution in [3.8, 4) is 11.6 Å². The lowest BCUT2D eigenvalue weighted by molar-refractivity contribution is 0.0703. The van der Waals surface area contributed by atoms with E-state index in [0.717, 1.165) is 17.0 Å². The number of anilines is 3. The van der Waals surface area contributed by atoms with Crippen molar-refractivity contribution in [2.75, 3.05) is 10.2 Å². The van der Waals surface area contributed by atoms with Gasteiger partial charge in [0.25, 0.3) is 0 Å². The topological polar surface area (TPSA) is 118 Å². The first-order valence-corrected chi connectivity index (χ1v) is 10.1. The number of carboxylic acid groups (broad SMARTS) is 1. The fourth-order valence-electron chi connectivity index (χ4n) is 3.48. The zero-order chi connectivity index (χ0) is 21.7. The van der Waals surface area contributed by atoms with Crippen LogP contribution in [0.3, 0.4) is 0 Å². The normalized spacial score (nSPS) is 12.7. The Balaban J connectivity index is 1.62. The number of urea groups is 1. The molecule has 0 spiro atoms. The van der Waals surface area contributed by atoms with Crippen LogP contribution in [0.5, 0.6) is 11.6 Å². The number of carbonyl (C=O) groups is 2. The van der Waals surface area contributed by atoms with Crippen molar-refractivity contribution in [2.24, 2.45) is 0 Å². The van der Waals surface area contributed by atoms with Gasteiger partial charge in [0.2, 0.25) is 5.88 Å². The molecule has 5 rings (SSSR count). The molecule has 31 heavy (non-hydrogen) atoms. The fourth-order valence-corrected chi connectivity index (χ4v) is 4.47. The minimum atomic E-state index is -1.12. The number of aromatic carboxylic acids is 1. The molecule has 0 radical (unpaired) electrons. The first kappa shape index (κ1) is 18.9. The smallest absolute Gasteiger partial charge is 0.348 e. The molecule has 0 aliphatic carbocycles. The number of amides is 2. The molecule has 2 amide bonds. The third-order valence-corrected chi connectivity index (χ3v) is 5.98. The lowest BCUT2D eigenvalue weighted by atomic mass is 10.1. The average Bonchev–Trinajstić information content (AvgIpc) is 3.12. The van der Waals surface area contributed by atoms with Gasteiger partial charge in [0.05, 0.1) is 34.3 Å². The maximum Gasteiger partial charge on any atom is 0.348 e. The SMILES string of the molecule is Cc1cc(Oc2cccnc2C)ncc1N1C(=O)Nc2ccnc3sc(C(=O)O)c1c23. The van der Waals surface area contributed by atoms with Gasteiger partial charge in [0.1, 0.15) is 9.71 Å². The number of hydrogen-bond acceptors (Lipinski definition) is 7. The van der Waals surface area contributed by atoms with E-state index >= 15 is 0 Å². The maximum atomic E-state index is 13.0. The Morgan fingerprint density at radius 2 is 2.03 bits per heavy atom. The molecule has 10 heteroatoms. The highest BCUT2D eigenvalue weighted by molar-refractivity contribution is 7.21. The van der Waals surface area contributed by atoms with E-state index in [4.69, 9.17) is 4.74 Å². The first-order chi connectivity index (χ1) is 14.9. The van der Waals surface area contributed by atoms with Gasteiger partial charge >= 0.3 is 12.0 Å². The summed E-state index contributed by atoms with van der Waals surface area (Å²) < 4.78 is 5.83. The van der Waals surface area contributed by atoms with Gasteiger partial charge in [0.15, 0.2) is 5.75 Å². The lowest BCUT2D eigenvalue weighted by Gasteiger charge is -2.29. The molecule has 0 bridgehead atoms. The number of aryl methyl sites for hydroxylation is 2. The molecule has 5 heterocycles. The minimum Gasteiger partial charge on any atom is -0.477 e. The largest absolute Gasteiger partial charge is 0.477 e. The Bertz CT molecular complexity index is 1380. The van der Waals surface area contributed by atoms with Crippen molar-refractivity contribution < 1.29 is 19.4 Å². The molecule has 0 aromatic carbocycles. The van der Waals surface area contributed by atoms with Crippen molar-refractivity contribution in [3.05, 3.63) is 59.0 Å². The standard InChI is InChI=1S/C21H15N5O4S/c1-10-8-15(30-14-4-3-6-22-11(14)2)24-9-13(10)26-17-16-12(25-21(26)29)5-7-23-19(16)31-18(17)20(27)28/h3-9H,1-2H3,(H,25,29)(H,27,28). The molecular weight excluding hydrogens is 418 g/mol. The summed E-state index contributed by atoms with van der Waals surface area (Å²) in [6.45, 7) is 3.63. The van der Waals surface area contributed by atoms with E-state index in [-0.39, 0.29) is 4.88 Å². The van der Waals surface area contributed by atoms with Gasteiger partial charge in [0, 0.05) is 18.5 Å². The number of nitrogens with zero attached hydrogens (tertiary/aromatic N) is 4. The van der Waals surface area contributed by atoms with Crippen molar-refractivity contribution >= 4 is 50.6 Å². The second kappa shape index (κ2) is 7.03. The second-order valence-electron chi connectivity index (χ2n) is 6.89. The molecule has 9 nitrogen and oxygen atoms in total. The Kier molecular flexibility index (Phi) is 4.29. The number of carbonyl (C=O) groups excluding carboxylic acids is 1. The number of ether oxygens (including phenoxy) is 1. The maximum absolute atomic E-state index is 13.0. The first-order valence-electron chi connectivity index (χ1n) is 9.26. The Labute approximate surface area is 180 Å². The highest BCUT2D eigenvalue weighted by atomic mass is 32.1. The molecule has 0 atom stereocenters. The van der Waals surface area contributed by atoms with Crippen molar-refractivity contribution in [3.63, 3.8) is 0 Å². The molecule has 0 saturated carbocycles. The van der Waals surface area contributed by atoms with Crippen molar-refractivity contribution in [2.45, 2.75) is 13.8 Å². The highest BCUT2D eigenvalue weighted by Gasteiger charge is 2.35. The fraction of sp³-hybridized carbons (Fsp3) is 0.0952. The quantitative estimate of drug-likeness (QED) is 0.471. The Morgan fingerprint density at radius 1 is 1.19 bits per heavy atom.